The number of rotatable bonds is 5. The fourth-order valence-corrected chi connectivity index (χ4v) is 5.28. The molecule has 10 heteroatoms. The average molecular weight is 429 g/mol. The standard InChI is InChI=1S/C20H24N6O3S/c21-18(28)17-13-3-1-2-4-15(13)30-19(17)24-16(27)12-25-7-9-26(10-8-25)20(29)14-11-22-5-6-23-14/h5-6,11H,1-4,7-10,12H2,(H2,21,28)(H,24,27). The van der Waals surface area contributed by atoms with Crippen LogP contribution in [-0.4, -0.2) is 70.2 Å². The van der Waals surface area contributed by atoms with Gasteiger partial charge in [-0.15, -0.1) is 11.3 Å². The van der Waals surface area contributed by atoms with E-state index in [0.29, 0.717) is 42.4 Å². The number of primary amides is 1. The summed E-state index contributed by atoms with van der Waals surface area (Å²) in [4.78, 5) is 49.9. The first-order valence-corrected chi connectivity index (χ1v) is 10.9. The van der Waals surface area contributed by atoms with E-state index in [1.54, 1.807) is 4.90 Å². The molecule has 3 N–H and O–H groups in total. The van der Waals surface area contributed by atoms with Gasteiger partial charge in [-0.25, -0.2) is 4.98 Å². The summed E-state index contributed by atoms with van der Waals surface area (Å²) in [6.07, 6.45) is 8.38. The molecule has 1 aliphatic carbocycles. The van der Waals surface area contributed by atoms with Gasteiger partial charge in [-0.1, -0.05) is 0 Å². The summed E-state index contributed by atoms with van der Waals surface area (Å²) in [6, 6.07) is 0. The molecule has 2 aliphatic rings. The number of amides is 3. The minimum absolute atomic E-state index is 0.150. The first-order valence-electron chi connectivity index (χ1n) is 10.0. The van der Waals surface area contributed by atoms with Crippen molar-refractivity contribution in [2.24, 2.45) is 5.73 Å². The Morgan fingerprint density at radius 3 is 2.57 bits per heavy atom. The number of carbonyl (C=O) groups is 3. The van der Waals surface area contributed by atoms with Gasteiger partial charge in [-0.05, 0) is 31.2 Å². The highest BCUT2D eigenvalue weighted by Gasteiger charge is 2.27. The summed E-state index contributed by atoms with van der Waals surface area (Å²) in [7, 11) is 0. The van der Waals surface area contributed by atoms with Crippen LogP contribution in [0.2, 0.25) is 0 Å². The number of thiophene rings is 1. The predicted molar refractivity (Wildman–Crippen MR) is 112 cm³/mol. The van der Waals surface area contributed by atoms with Crippen molar-refractivity contribution >= 4 is 34.1 Å². The second-order valence-corrected chi connectivity index (χ2v) is 8.59. The fourth-order valence-electron chi connectivity index (χ4n) is 3.96. The molecule has 3 amide bonds. The van der Waals surface area contributed by atoms with Crippen molar-refractivity contribution in [3.63, 3.8) is 0 Å². The lowest BCUT2D eigenvalue weighted by Crippen LogP contribution is -2.50. The zero-order chi connectivity index (χ0) is 21.1. The molecule has 30 heavy (non-hydrogen) atoms. The van der Waals surface area contributed by atoms with Crippen LogP contribution in [0.3, 0.4) is 0 Å². The van der Waals surface area contributed by atoms with Crippen LogP contribution in [-0.2, 0) is 17.6 Å². The third kappa shape index (κ3) is 4.34. The third-order valence-electron chi connectivity index (χ3n) is 5.48. The molecule has 0 atom stereocenters. The van der Waals surface area contributed by atoms with Gasteiger partial charge in [0.05, 0.1) is 18.3 Å². The van der Waals surface area contributed by atoms with Gasteiger partial charge in [0, 0.05) is 43.4 Å². The van der Waals surface area contributed by atoms with E-state index < -0.39 is 5.91 Å². The summed E-state index contributed by atoms with van der Waals surface area (Å²) >= 11 is 1.47. The largest absolute Gasteiger partial charge is 0.365 e. The quantitative estimate of drug-likeness (QED) is 0.730. The van der Waals surface area contributed by atoms with Crippen LogP contribution >= 0.6 is 11.3 Å². The van der Waals surface area contributed by atoms with Gasteiger partial charge in [-0.3, -0.25) is 24.3 Å². The summed E-state index contributed by atoms with van der Waals surface area (Å²) in [5.41, 5.74) is 7.40. The molecule has 0 radical (unpaired) electrons. The van der Waals surface area contributed by atoms with E-state index in [0.717, 1.165) is 36.1 Å². The van der Waals surface area contributed by atoms with Crippen molar-refractivity contribution in [1.82, 2.24) is 19.8 Å². The summed E-state index contributed by atoms with van der Waals surface area (Å²) in [5, 5.41) is 3.46. The minimum atomic E-state index is -0.485. The maximum atomic E-state index is 12.6. The second-order valence-electron chi connectivity index (χ2n) is 7.49. The minimum Gasteiger partial charge on any atom is -0.365 e. The van der Waals surface area contributed by atoms with Crippen LogP contribution in [0.25, 0.3) is 0 Å². The molecular weight excluding hydrogens is 404 g/mol. The number of nitrogens with zero attached hydrogens (tertiary/aromatic N) is 4. The Balaban J connectivity index is 1.33. The Morgan fingerprint density at radius 1 is 1.10 bits per heavy atom. The highest BCUT2D eigenvalue weighted by molar-refractivity contribution is 7.17. The van der Waals surface area contributed by atoms with Gasteiger partial charge in [0.2, 0.25) is 5.91 Å². The number of aryl methyl sites for hydroxylation is 1. The molecule has 3 heterocycles. The van der Waals surface area contributed by atoms with E-state index in [1.165, 1.54) is 29.9 Å². The Labute approximate surface area is 178 Å². The van der Waals surface area contributed by atoms with Crippen molar-refractivity contribution in [1.29, 1.82) is 0 Å². The first kappa shape index (κ1) is 20.4. The monoisotopic (exact) mass is 428 g/mol. The van der Waals surface area contributed by atoms with Gasteiger partial charge in [0.25, 0.3) is 11.8 Å². The molecule has 1 saturated heterocycles. The number of hydrogen-bond acceptors (Lipinski definition) is 7. The lowest BCUT2D eigenvalue weighted by Gasteiger charge is -2.34. The van der Waals surface area contributed by atoms with Crippen molar-refractivity contribution < 1.29 is 14.4 Å². The first-order chi connectivity index (χ1) is 14.5. The molecule has 0 unspecified atom stereocenters. The summed E-state index contributed by atoms with van der Waals surface area (Å²) in [5.74, 6) is -0.812. The smallest absolute Gasteiger partial charge is 0.274 e. The molecule has 2 aromatic rings. The molecule has 0 saturated carbocycles. The van der Waals surface area contributed by atoms with Gasteiger partial charge in [0.15, 0.2) is 0 Å². The van der Waals surface area contributed by atoms with Gasteiger partial charge >= 0.3 is 0 Å². The second kappa shape index (κ2) is 8.88. The van der Waals surface area contributed by atoms with Crippen LogP contribution < -0.4 is 11.1 Å². The fraction of sp³-hybridized carbons (Fsp3) is 0.450. The number of piperazine rings is 1. The zero-order valence-corrected chi connectivity index (χ0v) is 17.4. The van der Waals surface area contributed by atoms with E-state index in [-0.39, 0.29) is 18.4 Å². The molecule has 1 aliphatic heterocycles. The lowest BCUT2D eigenvalue weighted by atomic mass is 9.95. The van der Waals surface area contributed by atoms with Crippen LogP contribution in [0, 0.1) is 0 Å². The number of carbonyl (C=O) groups excluding carboxylic acids is 3. The molecule has 0 spiro atoms. The van der Waals surface area contributed by atoms with Crippen LogP contribution in [0.15, 0.2) is 18.6 Å². The SMILES string of the molecule is NC(=O)c1c(NC(=O)CN2CCN(C(=O)c3cnccn3)CC2)sc2c1CCCC2. The van der Waals surface area contributed by atoms with E-state index in [4.69, 9.17) is 5.73 Å². The van der Waals surface area contributed by atoms with Gasteiger partial charge in [-0.2, -0.15) is 0 Å². The Morgan fingerprint density at radius 2 is 1.87 bits per heavy atom. The molecule has 9 nitrogen and oxygen atoms in total. The van der Waals surface area contributed by atoms with E-state index >= 15 is 0 Å². The van der Waals surface area contributed by atoms with Crippen molar-refractivity contribution in [2.45, 2.75) is 25.7 Å². The predicted octanol–water partition coefficient (Wildman–Crippen LogP) is 0.912. The lowest BCUT2D eigenvalue weighted by molar-refractivity contribution is -0.117. The normalized spacial score (nSPS) is 16.7. The average Bonchev–Trinajstić information content (AvgIpc) is 3.12. The Bertz CT molecular complexity index is 953. The van der Waals surface area contributed by atoms with Crippen LogP contribution in [0.1, 0.15) is 44.1 Å². The highest BCUT2D eigenvalue weighted by Crippen LogP contribution is 2.37. The maximum Gasteiger partial charge on any atom is 0.274 e. The summed E-state index contributed by atoms with van der Waals surface area (Å²) in [6.45, 7) is 2.41. The number of fused-ring (bicyclic) bond motifs is 1. The number of nitrogens with two attached hydrogens (primary N) is 1. The van der Waals surface area contributed by atoms with Crippen molar-refractivity contribution in [2.75, 3.05) is 38.0 Å². The number of anilines is 1. The van der Waals surface area contributed by atoms with Crippen LogP contribution in [0.4, 0.5) is 5.00 Å². The van der Waals surface area contributed by atoms with E-state index in [9.17, 15) is 14.4 Å². The van der Waals surface area contributed by atoms with E-state index in [2.05, 4.69) is 15.3 Å². The molecule has 4 rings (SSSR count). The molecule has 2 aromatic heterocycles. The number of nitrogens with one attached hydrogen (secondary N) is 1. The Hall–Kier alpha value is -2.85. The number of hydrogen-bond donors (Lipinski definition) is 2. The highest BCUT2D eigenvalue weighted by atomic mass is 32.1. The van der Waals surface area contributed by atoms with Crippen LogP contribution in [0.5, 0.6) is 0 Å². The van der Waals surface area contributed by atoms with Crippen molar-refractivity contribution in [3.8, 4) is 0 Å². The Kier molecular flexibility index (Phi) is 6.05. The topological polar surface area (TPSA) is 122 Å². The molecule has 158 valence electrons. The number of aromatic nitrogens is 2. The maximum absolute atomic E-state index is 12.6. The van der Waals surface area contributed by atoms with E-state index in [1.807, 2.05) is 4.90 Å². The molecule has 0 aromatic carbocycles. The molecule has 0 bridgehead atoms. The van der Waals surface area contributed by atoms with Gasteiger partial charge in [0.1, 0.15) is 10.7 Å². The summed E-state index contributed by atoms with van der Waals surface area (Å²) < 4.78 is 0. The van der Waals surface area contributed by atoms with Crippen molar-refractivity contribution in [3.05, 3.63) is 40.3 Å². The molecular formula is C20H24N6O3S. The zero-order valence-electron chi connectivity index (χ0n) is 16.6. The van der Waals surface area contributed by atoms with Gasteiger partial charge < -0.3 is 16.0 Å². The third-order valence-corrected chi connectivity index (χ3v) is 6.69. The molecule has 1 fully saturated rings.